The second-order valence-corrected chi connectivity index (χ2v) is 10.4. The molecule has 1 heterocycles. The molecule has 4 rings (SSSR count). The number of carbonyl (C=O) groups excluding carboxylic acids is 2. The molecule has 5 atom stereocenters. The smallest absolute Gasteiger partial charge is 0.330 e. The number of esters is 1. The Hall–Kier alpha value is -3.19. The Labute approximate surface area is 219 Å². The third kappa shape index (κ3) is 5.87. The van der Waals surface area contributed by atoms with Gasteiger partial charge in [-0.1, -0.05) is 67.1 Å². The molecule has 2 fully saturated rings. The number of rotatable bonds is 11. The van der Waals surface area contributed by atoms with Gasteiger partial charge in [-0.2, -0.15) is 0 Å². The number of ether oxygens (including phenoxy) is 1. The highest BCUT2D eigenvalue weighted by Crippen LogP contribution is 2.48. The highest BCUT2D eigenvalue weighted by molar-refractivity contribution is 5.91. The normalized spacial score (nSPS) is 24.3. The van der Waals surface area contributed by atoms with Crippen molar-refractivity contribution in [3.63, 3.8) is 0 Å². The van der Waals surface area contributed by atoms with E-state index in [2.05, 4.69) is 5.32 Å². The van der Waals surface area contributed by atoms with Crippen LogP contribution in [0, 0.1) is 5.92 Å². The third-order valence-electron chi connectivity index (χ3n) is 7.94. The van der Waals surface area contributed by atoms with Crippen molar-refractivity contribution in [1.82, 2.24) is 10.2 Å². The van der Waals surface area contributed by atoms with Crippen LogP contribution in [-0.4, -0.2) is 58.1 Å². The lowest BCUT2D eigenvalue weighted by molar-refractivity contribution is -0.159. The van der Waals surface area contributed by atoms with Gasteiger partial charge in [0.25, 0.3) is 0 Å². The quantitative estimate of drug-likeness (QED) is 0.448. The molecule has 2 aromatic carbocycles. The van der Waals surface area contributed by atoms with Crippen molar-refractivity contribution < 1.29 is 24.2 Å². The van der Waals surface area contributed by atoms with Gasteiger partial charge in [0, 0.05) is 12.5 Å². The lowest BCUT2D eigenvalue weighted by Crippen LogP contribution is -2.61. The van der Waals surface area contributed by atoms with Crippen molar-refractivity contribution in [2.45, 2.75) is 82.5 Å². The molecule has 0 aromatic heterocycles. The molecule has 1 aliphatic carbocycles. The second kappa shape index (κ2) is 11.9. The molecule has 7 nitrogen and oxygen atoms in total. The fourth-order valence-electron chi connectivity index (χ4n) is 6.23. The first-order valence-electron chi connectivity index (χ1n) is 13.4. The van der Waals surface area contributed by atoms with Crippen molar-refractivity contribution in [3.05, 3.63) is 71.8 Å². The number of carboxylic acid groups (broad SMARTS) is 1. The first kappa shape index (κ1) is 26.9. The Bertz CT molecular complexity index is 1080. The van der Waals surface area contributed by atoms with Crippen LogP contribution in [0.15, 0.2) is 60.7 Å². The highest BCUT2D eigenvalue weighted by Gasteiger charge is 2.59. The van der Waals surface area contributed by atoms with E-state index < -0.39 is 29.6 Å². The summed E-state index contributed by atoms with van der Waals surface area (Å²) in [6, 6.07) is 17.9. The number of hydrogen-bond acceptors (Lipinski definition) is 5. The lowest BCUT2D eigenvalue weighted by Gasteiger charge is -2.40. The summed E-state index contributed by atoms with van der Waals surface area (Å²) in [5.41, 5.74) is 0.697. The van der Waals surface area contributed by atoms with Crippen LogP contribution in [0.3, 0.4) is 0 Å². The Balaban J connectivity index is 1.56. The topological polar surface area (TPSA) is 95.9 Å². The monoisotopic (exact) mass is 506 g/mol. The summed E-state index contributed by atoms with van der Waals surface area (Å²) in [4.78, 5) is 41.4. The number of carbonyl (C=O) groups is 3. The summed E-state index contributed by atoms with van der Waals surface area (Å²) in [5.74, 6) is -1.44. The Morgan fingerprint density at radius 2 is 1.70 bits per heavy atom. The predicted octanol–water partition coefficient (Wildman–Crippen LogP) is 4.00. The Kier molecular flexibility index (Phi) is 8.64. The summed E-state index contributed by atoms with van der Waals surface area (Å²) < 4.78 is 5.31. The van der Waals surface area contributed by atoms with Crippen LogP contribution in [0.5, 0.6) is 0 Å². The number of aliphatic carboxylic acids is 1. The number of carboxylic acids is 1. The number of hydrogen-bond donors (Lipinski definition) is 2. The number of fused-ring (bicyclic) bond motifs is 1. The first-order valence-corrected chi connectivity index (χ1v) is 13.4. The molecule has 1 saturated carbocycles. The van der Waals surface area contributed by atoms with Gasteiger partial charge in [0.15, 0.2) is 0 Å². The molecule has 198 valence electrons. The molecule has 1 saturated heterocycles. The molecule has 1 aliphatic heterocycles. The molecule has 1 amide bonds. The maximum Gasteiger partial charge on any atom is 0.330 e. The molecule has 0 bridgehead atoms. The summed E-state index contributed by atoms with van der Waals surface area (Å²) in [7, 11) is 0. The minimum absolute atomic E-state index is 0.0954. The lowest BCUT2D eigenvalue weighted by atomic mass is 9.85. The van der Waals surface area contributed by atoms with E-state index in [4.69, 9.17) is 4.74 Å². The molecule has 37 heavy (non-hydrogen) atoms. The van der Waals surface area contributed by atoms with Gasteiger partial charge in [-0.05, 0) is 63.0 Å². The van der Waals surface area contributed by atoms with Gasteiger partial charge in [0.05, 0.1) is 12.6 Å². The average Bonchev–Trinajstić information content (AvgIpc) is 3.46. The SMILES string of the molecule is CCOC(=O)[C@H](CCc1ccccc1)N[C@@H](C)C(=O)N1[C@H]2CCC[C@H]2C[C@@]1(Cc1ccccc1)C(=O)O. The van der Waals surface area contributed by atoms with E-state index in [1.54, 1.807) is 18.7 Å². The number of amides is 1. The summed E-state index contributed by atoms with van der Waals surface area (Å²) in [5, 5.41) is 13.8. The van der Waals surface area contributed by atoms with Crippen LogP contribution in [0.1, 0.15) is 57.1 Å². The van der Waals surface area contributed by atoms with Gasteiger partial charge in [-0.3, -0.25) is 14.9 Å². The zero-order valence-electron chi connectivity index (χ0n) is 21.8. The summed E-state index contributed by atoms with van der Waals surface area (Å²) in [6.45, 7) is 3.74. The van der Waals surface area contributed by atoms with Crippen LogP contribution < -0.4 is 5.32 Å². The fourth-order valence-corrected chi connectivity index (χ4v) is 6.23. The van der Waals surface area contributed by atoms with Crippen LogP contribution in [0.25, 0.3) is 0 Å². The fraction of sp³-hybridized carbons (Fsp3) is 0.500. The molecule has 0 unspecified atom stereocenters. The number of benzene rings is 2. The van der Waals surface area contributed by atoms with E-state index in [-0.39, 0.29) is 30.9 Å². The minimum Gasteiger partial charge on any atom is -0.479 e. The van der Waals surface area contributed by atoms with Crippen LogP contribution in [0.4, 0.5) is 0 Å². The molecular formula is C30H38N2O5. The number of aryl methyl sites for hydroxylation is 1. The van der Waals surface area contributed by atoms with Crippen molar-refractivity contribution in [2.24, 2.45) is 5.92 Å². The zero-order chi connectivity index (χ0) is 26.4. The van der Waals surface area contributed by atoms with Crippen LogP contribution in [-0.2, 0) is 32.0 Å². The summed E-state index contributed by atoms with van der Waals surface area (Å²) in [6.07, 6.45) is 4.58. The third-order valence-corrected chi connectivity index (χ3v) is 7.94. The average molecular weight is 507 g/mol. The van der Waals surface area contributed by atoms with Crippen molar-refractivity contribution in [2.75, 3.05) is 6.61 Å². The highest BCUT2D eigenvalue weighted by atomic mass is 16.5. The van der Waals surface area contributed by atoms with Crippen molar-refractivity contribution in [3.8, 4) is 0 Å². The number of nitrogens with zero attached hydrogens (tertiary/aromatic N) is 1. The van der Waals surface area contributed by atoms with E-state index in [0.717, 1.165) is 30.4 Å². The second-order valence-electron chi connectivity index (χ2n) is 10.4. The minimum atomic E-state index is -1.30. The Morgan fingerprint density at radius 1 is 1.05 bits per heavy atom. The molecule has 2 aliphatic rings. The van der Waals surface area contributed by atoms with Gasteiger partial charge < -0.3 is 14.7 Å². The molecular weight excluding hydrogens is 468 g/mol. The van der Waals surface area contributed by atoms with E-state index in [1.807, 2.05) is 60.7 Å². The molecule has 2 N–H and O–H groups in total. The first-order chi connectivity index (χ1) is 17.9. The predicted molar refractivity (Wildman–Crippen MR) is 141 cm³/mol. The van der Waals surface area contributed by atoms with E-state index >= 15 is 0 Å². The van der Waals surface area contributed by atoms with Gasteiger partial charge >= 0.3 is 11.9 Å². The number of likely N-dealkylation sites (tertiary alicyclic amines) is 1. The van der Waals surface area contributed by atoms with Crippen LogP contribution >= 0.6 is 0 Å². The van der Waals surface area contributed by atoms with Gasteiger partial charge in [0.1, 0.15) is 11.6 Å². The molecule has 7 heteroatoms. The maximum absolute atomic E-state index is 14.0. The largest absolute Gasteiger partial charge is 0.479 e. The standard InChI is InChI=1S/C30H38N2O5/c1-3-37-28(34)25(18-17-22-11-6-4-7-12-22)31-21(2)27(33)32-26-16-10-15-24(26)20-30(32,29(35)36)19-23-13-8-5-9-14-23/h4-9,11-14,21,24-26,31H,3,10,15-20H2,1-2H3,(H,35,36)/t21-,24-,25-,26-,30-/m0/s1. The maximum atomic E-state index is 14.0. The van der Waals surface area contributed by atoms with Crippen molar-refractivity contribution in [1.29, 1.82) is 0 Å². The van der Waals surface area contributed by atoms with E-state index in [9.17, 15) is 19.5 Å². The number of nitrogens with one attached hydrogen (secondary N) is 1. The zero-order valence-corrected chi connectivity index (χ0v) is 21.8. The van der Waals surface area contributed by atoms with E-state index in [1.165, 1.54) is 0 Å². The van der Waals surface area contributed by atoms with Gasteiger partial charge in [-0.15, -0.1) is 0 Å². The molecule has 0 spiro atoms. The van der Waals surface area contributed by atoms with E-state index in [0.29, 0.717) is 19.3 Å². The molecule has 2 aromatic rings. The summed E-state index contributed by atoms with van der Waals surface area (Å²) >= 11 is 0. The van der Waals surface area contributed by atoms with Crippen LogP contribution in [0.2, 0.25) is 0 Å². The van der Waals surface area contributed by atoms with Gasteiger partial charge in [-0.25, -0.2) is 4.79 Å². The Morgan fingerprint density at radius 3 is 2.32 bits per heavy atom. The van der Waals surface area contributed by atoms with Crippen molar-refractivity contribution >= 4 is 17.8 Å². The van der Waals surface area contributed by atoms with Gasteiger partial charge in [0.2, 0.25) is 5.91 Å². The molecule has 0 radical (unpaired) electrons.